The first-order chi connectivity index (χ1) is 9.31. The maximum Gasteiger partial charge on any atom is 0.226 e. The van der Waals surface area contributed by atoms with Crippen molar-refractivity contribution in [1.82, 2.24) is 4.90 Å². The van der Waals surface area contributed by atoms with Crippen molar-refractivity contribution in [2.24, 2.45) is 29.1 Å². The smallest absolute Gasteiger partial charge is 0.226 e. The lowest BCUT2D eigenvalue weighted by Gasteiger charge is -2.35. The SMILES string of the molecule is CCC(C)C(C(=O)N1CC2(CC2)C[C@H]1C(C)C)C(C)C. The summed E-state index contributed by atoms with van der Waals surface area (Å²) in [5, 5.41) is 0. The number of hydrogen-bond acceptors (Lipinski definition) is 1. The standard InChI is InChI=1S/C18H33NO/c1-7-14(6)16(13(4)5)17(20)19-11-18(8-9-18)10-15(19)12(2)3/h12-16H,7-11H2,1-6H3/t14?,15-,16?/m0/s1. The van der Waals surface area contributed by atoms with Gasteiger partial charge in [0, 0.05) is 18.5 Å². The molecule has 1 amide bonds. The van der Waals surface area contributed by atoms with E-state index in [2.05, 4.69) is 46.4 Å². The monoisotopic (exact) mass is 279 g/mol. The van der Waals surface area contributed by atoms with Gasteiger partial charge in [0.05, 0.1) is 0 Å². The molecule has 0 radical (unpaired) electrons. The van der Waals surface area contributed by atoms with Crippen LogP contribution in [-0.4, -0.2) is 23.4 Å². The fraction of sp³-hybridized carbons (Fsp3) is 0.944. The summed E-state index contributed by atoms with van der Waals surface area (Å²) in [5.41, 5.74) is 0.515. The van der Waals surface area contributed by atoms with Crippen LogP contribution >= 0.6 is 0 Å². The quantitative estimate of drug-likeness (QED) is 0.733. The van der Waals surface area contributed by atoms with Crippen molar-refractivity contribution in [2.75, 3.05) is 6.54 Å². The minimum atomic E-state index is 0.204. The molecular weight excluding hydrogens is 246 g/mol. The molecular formula is C18H33NO. The molecule has 1 saturated carbocycles. The molecule has 2 fully saturated rings. The number of hydrogen-bond donors (Lipinski definition) is 0. The van der Waals surface area contributed by atoms with Gasteiger partial charge in [0.15, 0.2) is 0 Å². The maximum absolute atomic E-state index is 13.1. The van der Waals surface area contributed by atoms with Crippen molar-refractivity contribution >= 4 is 5.91 Å². The molecule has 2 unspecified atom stereocenters. The molecule has 2 aliphatic rings. The zero-order valence-electron chi connectivity index (χ0n) is 14.3. The molecule has 1 saturated heterocycles. The van der Waals surface area contributed by atoms with Gasteiger partial charge in [-0.05, 0) is 42.4 Å². The molecule has 1 heterocycles. The van der Waals surface area contributed by atoms with Gasteiger partial charge in [-0.15, -0.1) is 0 Å². The Bertz CT molecular complexity index is 356. The summed E-state index contributed by atoms with van der Waals surface area (Å²) in [6.07, 6.45) is 5.03. The number of carbonyl (C=O) groups is 1. The zero-order chi connectivity index (χ0) is 15.1. The molecule has 2 rings (SSSR count). The van der Waals surface area contributed by atoms with E-state index in [-0.39, 0.29) is 5.92 Å². The molecule has 0 aromatic rings. The Morgan fingerprint density at radius 1 is 1.20 bits per heavy atom. The van der Waals surface area contributed by atoms with Crippen LogP contribution in [0, 0.1) is 29.1 Å². The Morgan fingerprint density at radius 3 is 2.20 bits per heavy atom. The summed E-state index contributed by atoms with van der Waals surface area (Å²) >= 11 is 0. The summed E-state index contributed by atoms with van der Waals surface area (Å²) in [4.78, 5) is 15.4. The van der Waals surface area contributed by atoms with Gasteiger partial charge in [0.2, 0.25) is 5.91 Å². The van der Waals surface area contributed by atoms with Crippen molar-refractivity contribution in [1.29, 1.82) is 0 Å². The van der Waals surface area contributed by atoms with E-state index in [1.807, 2.05) is 0 Å². The van der Waals surface area contributed by atoms with Crippen LogP contribution in [0.1, 0.15) is 67.2 Å². The molecule has 20 heavy (non-hydrogen) atoms. The molecule has 2 heteroatoms. The van der Waals surface area contributed by atoms with E-state index in [9.17, 15) is 4.79 Å². The number of amides is 1. The Kier molecular flexibility index (Phi) is 4.51. The van der Waals surface area contributed by atoms with Gasteiger partial charge in [-0.3, -0.25) is 4.79 Å². The number of carbonyl (C=O) groups excluding carboxylic acids is 1. The highest BCUT2D eigenvalue weighted by molar-refractivity contribution is 5.80. The van der Waals surface area contributed by atoms with Crippen LogP contribution in [-0.2, 0) is 4.79 Å². The van der Waals surface area contributed by atoms with E-state index in [4.69, 9.17) is 0 Å². The average molecular weight is 279 g/mol. The van der Waals surface area contributed by atoms with E-state index in [1.165, 1.54) is 19.3 Å². The van der Waals surface area contributed by atoms with Gasteiger partial charge < -0.3 is 4.90 Å². The largest absolute Gasteiger partial charge is 0.339 e. The Hall–Kier alpha value is -0.530. The highest BCUT2D eigenvalue weighted by Crippen LogP contribution is 2.56. The fourth-order valence-electron chi connectivity index (χ4n) is 4.10. The third-order valence-corrected chi connectivity index (χ3v) is 5.82. The average Bonchev–Trinajstić information content (AvgIpc) is 2.99. The molecule has 116 valence electrons. The molecule has 1 aliphatic carbocycles. The van der Waals surface area contributed by atoms with Gasteiger partial charge in [-0.25, -0.2) is 0 Å². The predicted molar refractivity (Wildman–Crippen MR) is 84.4 cm³/mol. The second kappa shape index (κ2) is 5.69. The Labute approximate surface area is 125 Å². The van der Waals surface area contributed by atoms with Gasteiger partial charge >= 0.3 is 0 Å². The molecule has 0 bridgehead atoms. The van der Waals surface area contributed by atoms with Crippen molar-refractivity contribution < 1.29 is 4.79 Å². The predicted octanol–water partition coefficient (Wildman–Crippen LogP) is 4.34. The first kappa shape index (κ1) is 15.9. The minimum absolute atomic E-state index is 0.204. The maximum atomic E-state index is 13.1. The van der Waals surface area contributed by atoms with E-state index in [1.54, 1.807) is 0 Å². The number of nitrogens with zero attached hydrogens (tertiary/aromatic N) is 1. The van der Waals surface area contributed by atoms with Gasteiger partial charge in [0.1, 0.15) is 0 Å². The van der Waals surface area contributed by atoms with Crippen LogP contribution < -0.4 is 0 Å². The summed E-state index contributed by atoms with van der Waals surface area (Å²) in [5.74, 6) is 2.17. The van der Waals surface area contributed by atoms with Gasteiger partial charge in [0.25, 0.3) is 0 Å². The highest BCUT2D eigenvalue weighted by atomic mass is 16.2. The third-order valence-electron chi connectivity index (χ3n) is 5.82. The molecule has 0 aromatic heterocycles. The number of rotatable bonds is 5. The molecule has 0 N–H and O–H groups in total. The third kappa shape index (κ3) is 2.89. The van der Waals surface area contributed by atoms with Crippen molar-refractivity contribution in [3.8, 4) is 0 Å². The Morgan fingerprint density at radius 2 is 1.80 bits per heavy atom. The lowest BCUT2D eigenvalue weighted by Crippen LogP contribution is -2.45. The van der Waals surface area contributed by atoms with Crippen LogP contribution in [0.4, 0.5) is 0 Å². The van der Waals surface area contributed by atoms with Crippen molar-refractivity contribution in [3.63, 3.8) is 0 Å². The first-order valence-electron chi connectivity index (χ1n) is 8.62. The second-order valence-electron chi connectivity index (χ2n) is 8.14. The molecule has 2 nitrogen and oxygen atoms in total. The molecule has 1 spiro atoms. The normalized spacial score (nSPS) is 27.4. The molecule has 0 aromatic carbocycles. The lowest BCUT2D eigenvalue weighted by molar-refractivity contribution is -0.140. The van der Waals surface area contributed by atoms with Crippen LogP contribution in [0.3, 0.4) is 0 Å². The van der Waals surface area contributed by atoms with Crippen molar-refractivity contribution in [2.45, 2.75) is 73.3 Å². The first-order valence-corrected chi connectivity index (χ1v) is 8.62. The van der Waals surface area contributed by atoms with E-state index >= 15 is 0 Å². The fourth-order valence-corrected chi connectivity index (χ4v) is 4.10. The second-order valence-corrected chi connectivity index (χ2v) is 8.14. The summed E-state index contributed by atoms with van der Waals surface area (Å²) in [6.45, 7) is 14.5. The van der Waals surface area contributed by atoms with Crippen LogP contribution in [0.5, 0.6) is 0 Å². The highest BCUT2D eigenvalue weighted by Gasteiger charge is 2.54. The van der Waals surface area contributed by atoms with Crippen LogP contribution in [0.25, 0.3) is 0 Å². The molecule has 3 atom stereocenters. The Balaban J connectivity index is 2.17. The van der Waals surface area contributed by atoms with E-state index in [0.29, 0.717) is 35.1 Å². The summed E-state index contributed by atoms with van der Waals surface area (Å²) < 4.78 is 0. The number of likely N-dealkylation sites (tertiary alicyclic amines) is 1. The minimum Gasteiger partial charge on any atom is -0.339 e. The lowest BCUT2D eigenvalue weighted by atomic mass is 9.81. The van der Waals surface area contributed by atoms with Crippen LogP contribution in [0.2, 0.25) is 0 Å². The summed E-state index contributed by atoms with van der Waals surface area (Å²) in [6, 6.07) is 0.482. The molecule has 1 aliphatic heterocycles. The van der Waals surface area contributed by atoms with Crippen LogP contribution in [0.15, 0.2) is 0 Å². The summed E-state index contributed by atoms with van der Waals surface area (Å²) in [7, 11) is 0. The zero-order valence-corrected chi connectivity index (χ0v) is 14.3. The van der Waals surface area contributed by atoms with E-state index < -0.39 is 0 Å². The van der Waals surface area contributed by atoms with Crippen molar-refractivity contribution in [3.05, 3.63) is 0 Å². The van der Waals surface area contributed by atoms with E-state index in [0.717, 1.165) is 13.0 Å². The van der Waals surface area contributed by atoms with Gasteiger partial charge in [-0.2, -0.15) is 0 Å². The topological polar surface area (TPSA) is 20.3 Å². The van der Waals surface area contributed by atoms with Gasteiger partial charge in [-0.1, -0.05) is 48.0 Å².